The molecule has 0 saturated carbocycles. The van der Waals surface area contributed by atoms with Crippen LogP contribution in [0.4, 0.5) is 10.9 Å². The molecule has 0 aliphatic carbocycles. The Balaban J connectivity index is 1.90. The van der Waals surface area contributed by atoms with Crippen LogP contribution in [0, 0.1) is 6.92 Å². The van der Waals surface area contributed by atoms with Gasteiger partial charge in [0.15, 0.2) is 5.13 Å². The molecule has 3 rings (SSSR count). The van der Waals surface area contributed by atoms with Crippen molar-refractivity contribution in [3.8, 4) is 11.4 Å². The molecule has 5 heteroatoms. The van der Waals surface area contributed by atoms with Crippen molar-refractivity contribution in [2.45, 2.75) is 6.92 Å². The quantitative estimate of drug-likeness (QED) is 0.787. The number of nitrogens with one attached hydrogen (secondary N) is 1. The van der Waals surface area contributed by atoms with E-state index < -0.39 is 0 Å². The molecule has 94 valence electrons. The minimum absolute atomic E-state index is 0.795. The second-order valence-electron chi connectivity index (χ2n) is 3.98. The van der Waals surface area contributed by atoms with Crippen LogP contribution in [0.1, 0.15) is 4.88 Å². The van der Waals surface area contributed by atoms with E-state index in [9.17, 15) is 0 Å². The lowest BCUT2D eigenvalue weighted by Crippen LogP contribution is -1.92. The van der Waals surface area contributed by atoms with Gasteiger partial charge in [-0.2, -0.15) is 0 Å². The van der Waals surface area contributed by atoms with E-state index in [2.05, 4.69) is 20.3 Å². The third-order valence-corrected chi connectivity index (χ3v) is 3.49. The molecule has 0 fully saturated rings. The number of aryl methyl sites for hydroxylation is 1. The lowest BCUT2D eigenvalue weighted by Gasteiger charge is -1.99. The molecule has 0 bridgehead atoms. The summed E-state index contributed by atoms with van der Waals surface area (Å²) in [6.07, 6.45) is 3.53. The SMILES string of the molecule is Cc1sc(Nc2ccccn2)nc1-c1ccccn1. The van der Waals surface area contributed by atoms with Crippen LogP contribution in [0.25, 0.3) is 11.4 Å². The summed E-state index contributed by atoms with van der Waals surface area (Å²) < 4.78 is 0. The van der Waals surface area contributed by atoms with Gasteiger partial charge in [-0.1, -0.05) is 12.1 Å². The summed E-state index contributed by atoms with van der Waals surface area (Å²) in [6.45, 7) is 2.05. The Morgan fingerprint density at radius 2 is 1.79 bits per heavy atom. The molecule has 0 saturated heterocycles. The molecule has 0 radical (unpaired) electrons. The highest BCUT2D eigenvalue weighted by atomic mass is 32.1. The number of aromatic nitrogens is 3. The average Bonchev–Trinajstić information content (AvgIpc) is 2.82. The van der Waals surface area contributed by atoms with Crippen molar-refractivity contribution in [3.05, 3.63) is 53.7 Å². The van der Waals surface area contributed by atoms with E-state index in [1.165, 1.54) is 0 Å². The molecule has 0 amide bonds. The zero-order chi connectivity index (χ0) is 13.1. The summed E-state index contributed by atoms with van der Waals surface area (Å²) in [5.74, 6) is 0.795. The van der Waals surface area contributed by atoms with Crippen molar-refractivity contribution in [2.24, 2.45) is 0 Å². The predicted molar refractivity (Wildman–Crippen MR) is 77.6 cm³/mol. The van der Waals surface area contributed by atoms with Gasteiger partial charge in [0.1, 0.15) is 11.5 Å². The first-order valence-electron chi connectivity index (χ1n) is 5.90. The van der Waals surface area contributed by atoms with E-state index in [1.807, 2.05) is 43.3 Å². The minimum atomic E-state index is 0.795. The monoisotopic (exact) mass is 268 g/mol. The van der Waals surface area contributed by atoms with Gasteiger partial charge >= 0.3 is 0 Å². The van der Waals surface area contributed by atoms with Crippen LogP contribution in [-0.2, 0) is 0 Å². The zero-order valence-electron chi connectivity index (χ0n) is 10.4. The van der Waals surface area contributed by atoms with Crippen LogP contribution in [0.2, 0.25) is 0 Å². The number of anilines is 2. The number of hydrogen-bond donors (Lipinski definition) is 1. The number of pyridine rings is 2. The molecular formula is C14H12N4S. The van der Waals surface area contributed by atoms with Crippen LogP contribution in [0.5, 0.6) is 0 Å². The highest BCUT2D eigenvalue weighted by molar-refractivity contribution is 7.16. The smallest absolute Gasteiger partial charge is 0.189 e. The zero-order valence-corrected chi connectivity index (χ0v) is 11.2. The van der Waals surface area contributed by atoms with E-state index >= 15 is 0 Å². The van der Waals surface area contributed by atoms with Crippen molar-refractivity contribution in [1.29, 1.82) is 0 Å². The number of thiazole rings is 1. The fourth-order valence-electron chi connectivity index (χ4n) is 1.74. The van der Waals surface area contributed by atoms with Crippen molar-refractivity contribution < 1.29 is 0 Å². The van der Waals surface area contributed by atoms with Gasteiger partial charge in [0.2, 0.25) is 0 Å². The molecule has 0 aliphatic rings. The highest BCUT2D eigenvalue weighted by Crippen LogP contribution is 2.30. The van der Waals surface area contributed by atoms with E-state index in [0.29, 0.717) is 0 Å². The van der Waals surface area contributed by atoms with Crippen molar-refractivity contribution in [3.63, 3.8) is 0 Å². The molecule has 19 heavy (non-hydrogen) atoms. The maximum absolute atomic E-state index is 4.58. The Kier molecular flexibility index (Phi) is 3.20. The second kappa shape index (κ2) is 5.16. The van der Waals surface area contributed by atoms with Gasteiger partial charge in [0.05, 0.1) is 5.69 Å². The van der Waals surface area contributed by atoms with Gasteiger partial charge in [0, 0.05) is 17.3 Å². The largest absolute Gasteiger partial charge is 0.316 e. The van der Waals surface area contributed by atoms with Crippen LogP contribution < -0.4 is 5.32 Å². The minimum Gasteiger partial charge on any atom is -0.316 e. The summed E-state index contributed by atoms with van der Waals surface area (Å²) >= 11 is 1.60. The first kappa shape index (κ1) is 11.8. The van der Waals surface area contributed by atoms with Gasteiger partial charge in [0.25, 0.3) is 0 Å². The summed E-state index contributed by atoms with van der Waals surface area (Å²) in [5, 5.41) is 4.03. The van der Waals surface area contributed by atoms with Gasteiger partial charge in [-0.25, -0.2) is 9.97 Å². The molecule has 0 unspecified atom stereocenters. The molecule has 0 atom stereocenters. The van der Waals surface area contributed by atoms with Crippen molar-refractivity contribution in [2.75, 3.05) is 5.32 Å². The summed E-state index contributed by atoms with van der Waals surface area (Å²) in [5.41, 5.74) is 1.81. The van der Waals surface area contributed by atoms with Crippen LogP contribution in [0.15, 0.2) is 48.8 Å². The van der Waals surface area contributed by atoms with Crippen LogP contribution in [-0.4, -0.2) is 15.0 Å². The molecule has 4 nitrogen and oxygen atoms in total. The Labute approximate surface area is 115 Å². The van der Waals surface area contributed by atoms with Gasteiger partial charge in [-0.3, -0.25) is 4.98 Å². The van der Waals surface area contributed by atoms with Crippen molar-refractivity contribution >= 4 is 22.3 Å². The summed E-state index contributed by atoms with van der Waals surface area (Å²) in [7, 11) is 0. The first-order valence-corrected chi connectivity index (χ1v) is 6.71. The lowest BCUT2D eigenvalue weighted by molar-refractivity contribution is 1.25. The van der Waals surface area contributed by atoms with Crippen LogP contribution in [0.3, 0.4) is 0 Å². The van der Waals surface area contributed by atoms with Gasteiger partial charge in [-0.15, -0.1) is 11.3 Å². The predicted octanol–water partition coefficient (Wildman–Crippen LogP) is 3.65. The fourth-order valence-corrected chi connectivity index (χ4v) is 2.57. The summed E-state index contributed by atoms with van der Waals surface area (Å²) in [6, 6.07) is 11.6. The highest BCUT2D eigenvalue weighted by Gasteiger charge is 2.10. The van der Waals surface area contributed by atoms with E-state index in [1.54, 1.807) is 23.7 Å². The fraction of sp³-hybridized carbons (Fsp3) is 0.0714. The molecule has 0 aliphatic heterocycles. The topological polar surface area (TPSA) is 50.7 Å². The average molecular weight is 268 g/mol. The van der Waals surface area contributed by atoms with E-state index in [4.69, 9.17) is 0 Å². The molecular weight excluding hydrogens is 256 g/mol. The third-order valence-electron chi connectivity index (χ3n) is 2.60. The number of nitrogens with zero attached hydrogens (tertiary/aromatic N) is 3. The maximum atomic E-state index is 4.58. The van der Waals surface area contributed by atoms with Crippen molar-refractivity contribution in [1.82, 2.24) is 15.0 Å². The second-order valence-corrected chi connectivity index (χ2v) is 5.18. The molecule has 3 heterocycles. The standard InChI is InChI=1S/C14H12N4S/c1-10-13(11-6-2-4-8-15-11)18-14(19-10)17-12-7-3-5-9-16-12/h2-9H,1H3,(H,16,17,18). The summed E-state index contributed by atoms with van der Waals surface area (Å²) in [4.78, 5) is 14.3. The normalized spacial score (nSPS) is 10.4. The third kappa shape index (κ3) is 2.61. The Hall–Kier alpha value is -2.27. The van der Waals surface area contributed by atoms with Gasteiger partial charge in [-0.05, 0) is 31.2 Å². The Bertz CT molecular complexity index is 664. The maximum Gasteiger partial charge on any atom is 0.189 e. The molecule has 1 N–H and O–H groups in total. The number of rotatable bonds is 3. The lowest BCUT2D eigenvalue weighted by atomic mass is 10.2. The number of hydrogen-bond acceptors (Lipinski definition) is 5. The van der Waals surface area contributed by atoms with Crippen LogP contribution >= 0.6 is 11.3 Å². The Morgan fingerprint density at radius 1 is 1.00 bits per heavy atom. The van der Waals surface area contributed by atoms with E-state index in [0.717, 1.165) is 27.2 Å². The van der Waals surface area contributed by atoms with Gasteiger partial charge < -0.3 is 5.32 Å². The first-order chi connectivity index (χ1) is 9.33. The Morgan fingerprint density at radius 3 is 2.47 bits per heavy atom. The molecule has 3 aromatic rings. The van der Waals surface area contributed by atoms with E-state index in [-0.39, 0.29) is 0 Å². The molecule has 0 aromatic carbocycles. The molecule has 3 aromatic heterocycles. The molecule has 0 spiro atoms.